The van der Waals surface area contributed by atoms with Gasteiger partial charge in [0.1, 0.15) is 0 Å². The second-order valence-corrected chi connectivity index (χ2v) is 5.57. The number of nitrogens with zero attached hydrogens (tertiary/aromatic N) is 2. The number of aromatic hydroxyl groups is 1. The lowest BCUT2D eigenvalue weighted by atomic mass is 10.0. The highest BCUT2D eigenvalue weighted by Crippen LogP contribution is 2.28. The van der Waals surface area contributed by atoms with Crippen molar-refractivity contribution in [2.45, 2.75) is 53.5 Å². The molecule has 0 aliphatic rings. The number of rotatable bonds is 2. The van der Waals surface area contributed by atoms with Gasteiger partial charge in [-0.15, -0.1) is 0 Å². The molecule has 0 aliphatic carbocycles. The van der Waals surface area contributed by atoms with E-state index in [-0.39, 0.29) is 5.54 Å². The van der Waals surface area contributed by atoms with Crippen molar-refractivity contribution in [2.24, 2.45) is 5.92 Å². The van der Waals surface area contributed by atoms with Crippen LogP contribution in [0.15, 0.2) is 0 Å². The molecule has 3 nitrogen and oxygen atoms in total. The van der Waals surface area contributed by atoms with Crippen LogP contribution in [0.3, 0.4) is 0 Å². The highest BCUT2D eigenvalue weighted by molar-refractivity contribution is 5.31. The Bertz CT molecular complexity index is 345. The first-order chi connectivity index (χ1) is 6.73. The fourth-order valence-electron chi connectivity index (χ4n) is 1.66. The third-order valence-corrected chi connectivity index (χ3v) is 2.41. The van der Waals surface area contributed by atoms with Gasteiger partial charge in [0.2, 0.25) is 5.88 Å². The number of hydrogen-bond donors (Lipinski definition) is 1. The molecule has 0 spiro atoms. The van der Waals surface area contributed by atoms with Gasteiger partial charge in [0.05, 0.1) is 11.2 Å². The van der Waals surface area contributed by atoms with E-state index in [0.717, 1.165) is 17.7 Å². The lowest BCUT2D eigenvalue weighted by molar-refractivity contribution is 0.292. The Morgan fingerprint density at radius 3 is 2.20 bits per heavy atom. The number of aromatic nitrogens is 2. The van der Waals surface area contributed by atoms with E-state index >= 15 is 0 Å². The predicted octanol–water partition coefficient (Wildman–Crippen LogP) is 2.85. The molecule has 0 saturated carbocycles. The van der Waals surface area contributed by atoms with Gasteiger partial charge in [0.15, 0.2) is 0 Å². The van der Waals surface area contributed by atoms with Gasteiger partial charge in [0.25, 0.3) is 0 Å². The van der Waals surface area contributed by atoms with Crippen molar-refractivity contribution < 1.29 is 5.11 Å². The standard InChI is InChI=1S/C12H22N2O/c1-8(2)7-10-9(3)13-14(11(10)15)12(4,5)6/h8,15H,7H2,1-6H3. The summed E-state index contributed by atoms with van der Waals surface area (Å²) in [7, 11) is 0. The molecule has 1 N–H and O–H groups in total. The second kappa shape index (κ2) is 3.87. The first-order valence-electron chi connectivity index (χ1n) is 5.51. The molecule has 0 bridgehead atoms. The zero-order chi connectivity index (χ0) is 11.8. The maximum Gasteiger partial charge on any atom is 0.213 e. The minimum Gasteiger partial charge on any atom is -0.493 e. The molecule has 15 heavy (non-hydrogen) atoms. The molecular weight excluding hydrogens is 188 g/mol. The monoisotopic (exact) mass is 210 g/mol. The van der Waals surface area contributed by atoms with E-state index in [1.807, 2.05) is 27.7 Å². The SMILES string of the molecule is Cc1nn(C(C)(C)C)c(O)c1CC(C)C. The first-order valence-corrected chi connectivity index (χ1v) is 5.51. The molecule has 1 aromatic heterocycles. The van der Waals surface area contributed by atoms with E-state index in [1.54, 1.807) is 4.68 Å². The van der Waals surface area contributed by atoms with Crippen molar-refractivity contribution in [3.63, 3.8) is 0 Å². The van der Waals surface area contributed by atoms with Crippen molar-refractivity contribution >= 4 is 0 Å². The van der Waals surface area contributed by atoms with Crippen LogP contribution in [0, 0.1) is 12.8 Å². The smallest absolute Gasteiger partial charge is 0.213 e. The summed E-state index contributed by atoms with van der Waals surface area (Å²) in [6.45, 7) is 12.4. The topological polar surface area (TPSA) is 38.0 Å². The quantitative estimate of drug-likeness (QED) is 0.815. The molecule has 1 aromatic rings. The fraction of sp³-hybridized carbons (Fsp3) is 0.750. The third-order valence-electron chi connectivity index (χ3n) is 2.41. The number of aryl methyl sites for hydroxylation is 1. The van der Waals surface area contributed by atoms with Gasteiger partial charge in [-0.2, -0.15) is 5.10 Å². The normalized spacial score (nSPS) is 12.5. The Morgan fingerprint density at radius 2 is 1.87 bits per heavy atom. The number of hydrogen-bond acceptors (Lipinski definition) is 2. The van der Waals surface area contributed by atoms with Crippen LogP contribution in [0.4, 0.5) is 0 Å². The lowest BCUT2D eigenvalue weighted by Gasteiger charge is -2.20. The Hall–Kier alpha value is -0.990. The van der Waals surface area contributed by atoms with E-state index in [4.69, 9.17) is 0 Å². The van der Waals surface area contributed by atoms with Gasteiger partial charge in [-0.25, -0.2) is 4.68 Å². The molecule has 0 unspecified atom stereocenters. The van der Waals surface area contributed by atoms with Crippen molar-refractivity contribution in [3.8, 4) is 5.88 Å². The first kappa shape index (κ1) is 12.1. The van der Waals surface area contributed by atoms with Gasteiger partial charge in [-0.05, 0) is 40.0 Å². The van der Waals surface area contributed by atoms with Crippen LogP contribution in [-0.4, -0.2) is 14.9 Å². The Morgan fingerprint density at radius 1 is 1.33 bits per heavy atom. The van der Waals surface area contributed by atoms with Crippen molar-refractivity contribution in [3.05, 3.63) is 11.3 Å². The third kappa shape index (κ3) is 2.52. The van der Waals surface area contributed by atoms with Crippen LogP contribution >= 0.6 is 0 Å². The molecule has 0 aromatic carbocycles. The van der Waals surface area contributed by atoms with E-state index in [1.165, 1.54) is 0 Å². The molecule has 0 fully saturated rings. The van der Waals surface area contributed by atoms with E-state index in [0.29, 0.717) is 11.8 Å². The summed E-state index contributed by atoms with van der Waals surface area (Å²) in [6, 6.07) is 0. The van der Waals surface area contributed by atoms with Crippen LogP contribution in [0.2, 0.25) is 0 Å². The summed E-state index contributed by atoms with van der Waals surface area (Å²) >= 11 is 0. The van der Waals surface area contributed by atoms with Crippen LogP contribution in [-0.2, 0) is 12.0 Å². The van der Waals surface area contributed by atoms with Crippen LogP contribution in [0.25, 0.3) is 0 Å². The maximum absolute atomic E-state index is 10.1. The molecule has 0 aliphatic heterocycles. The molecule has 3 heteroatoms. The lowest BCUT2D eigenvalue weighted by Crippen LogP contribution is -2.22. The van der Waals surface area contributed by atoms with Crippen LogP contribution < -0.4 is 0 Å². The minimum absolute atomic E-state index is 0.163. The molecule has 0 amide bonds. The second-order valence-electron chi connectivity index (χ2n) is 5.57. The Labute approximate surface area is 92.1 Å². The summed E-state index contributed by atoms with van der Waals surface area (Å²) in [5.41, 5.74) is 1.76. The highest BCUT2D eigenvalue weighted by Gasteiger charge is 2.23. The van der Waals surface area contributed by atoms with Crippen molar-refractivity contribution in [1.29, 1.82) is 0 Å². The van der Waals surface area contributed by atoms with Gasteiger partial charge < -0.3 is 5.11 Å². The minimum atomic E-state index is -0.163. The van der Waals surface area contributed by atoms with Crippen LogP contribution in [0.1, 0.15) is 45.9 Å². The Kier molecular flexibility index (Phi) is 3.12. The average molecular weight is 210 g/mol. The maximum atomic E-state index is 10.1. The largest absolute Gasteiger partial charge is 0.493 e. The molecule has 0 atom stereocenters. The summed E-state index contributed by atoms with van der Waals surface area (Å²) in [4.78, 5) is 0. The van der Waals surface area contributed by atoms with Gasteiger partial charge in [0, 0.05) is 5.56 Å². The molecular formula is C12H22N2O. The van der Waals surface area contributed by atoms with Crippen molar-refractivity contribution in [1.82, 2.24) is 9.78 Å². The van der Waals surface area contributed by atoms with Gasteiger partial charge in [-0.3, -0.25) is 0 Å². The molecule has 0 radical (unpaired) electrons. The fourth-order valence-corrected chi connectivity index (χ4v) is 1.66. The zero-order valence-electron chi connectivity index (χ0n) is 10.6. The molecule has 1 heterocycles. The zero-order valence-corrected chi connectivity index (χ0v) is 10.6. The summed E-state index contributed by atoms with van der Waals surface area (Å²) < 4.78 is 1.71. The Balaban J connectivity index is 3.15. The molecule has 0 saturated heterocycles. The highest BCUT2D eigenvalue weighted by atomic mass is 16.3. The van der Waals surface area contributed by atoms with E-state index < -0.39 is 0 Å². The van der Waals surface area contributed by atoms with E-state index in [2.05, 4.69) is 18.9 Å². The van der Waals surface area contributed by atoms with Gasteiger partial charge >= 0.3 is 0 Å². The predicted molar refractivity (Wildman–Crippen MR) is 62.2 cm³/mol. The molecule has 1 rings (SSSR count). The average Bonchev–Trinajstić information content (AvgIpc) is 2.30. The van der Waals surface area contributed by atoms with E-state index in [9.17, 15) is 5.11 Å². The summed E-state index contributed by atoms with van der Waals surface area (Å²) in [5.74, 6) is 0.862. The summed E-state index contributed by atoms with van der Waals surface area (Å²) in [6.07, 6.45) is 0.883. The molecule has 86 valence electrons. The summed E-state index contributed by atoms with van der Waals surface area (Å²) in [5, 5.41) is 14.5. The van der Waals surface area contributed by atoms with Gasteiger partial charge in [-0.1, -0.05) is 13.8 Å². The van der Waals surface area contributed by atoms with Crippen molar-refractivity contribution in [2.75, 3.05) is 0 Å². The van der Waals surface area contributed by atoms with Crippen LogP contribution in [0.5, 0.6) is 5.88 Å².